The highest BCUT2D eigenvalue weighted by molar-refractivity contribution is 7.98. The molecule has 0 fully saturated rings. The summed E-state index contributed by atoms with van der Waals surface area (Å²) >= 11 is 1.40. The van der Waals surface area contributed by atoms with Gasteiger partial charge in [-0.1, -0.05) is 17.8 Å². The van der Waals surface area contributed by atoms with Crippen LogP contribution in [0, 0.1) is 11.6 Å². The molecular formula is C19H22F2N6O2S. The predicted octanol–water partition coefficient (Wildman–Crippen LogP) is 2.70. The Hall–Kier alpha value is -2.79. The van der Waals surface area contributed by atoms with E-state index in [9.17, 15) is 13.6 Å². The lowest BCUT2D eigenvalue weighted by Crippen LogP contribution is -2.29. The standard InChI is InChI=1S/C19H22F2N6O2S/c1-3-29-10-8-22-16-12-11-24-27(17(12)26-19(25-16)30-2)9-7-23-18(28)15-13(20)5-4-6-14(15)21/h4-6,11H,3,7-10H2,1-2H3,(H,23,28)(H,22,25,26). The maximum absolute atomic E-state index is 13.7. The van der Waals surface area contributed by atoms with Crippen LogP contribution in [0.5, 0.6) is 0 Å². The van der Waals surface area contributed by atoms with Gasteiger partial charge in [0.2, 0.25) is 0 Å². The molecule has 0 aliphatic rings. The molecule has 0 spiro atoms. The molecule has 0 saturated carbocycles. The molecule has 2 N–H and O–H groups in total. The van der Waals surface area contributed by atoms with E-state index in [1.807, 2.05) is 13.2 Å². The number of thioether (sulfide) groups is 1. The van der Waals surface area contributed by atoms with Crippen molar-refractivity contribution >= 4 is 34.5 Å². The lowest BCUT2D eigenvalue weighted by atomic mass is 10.2. The SMILES string of the molecule is CCOCCNc1nc(SC)nc2c1cnn2CCNC(=O)c1c(F)cccc1F. The first-order valence-electron chi connectivity index (χ1n) is 9.36. The number of halogens is 2. The van der Waals surface area contributed by atoms with E-state index < -0.39 is 23.1 Å². The van der Waals surface area contributed by atoms with Crippen molar-refractivity contribution < 1.29 is 18.3 Å². The maximum Gasteiger partial charge on any atom is 0.257 e. The van der Waals surface area contributed by atoms with Crippen LogP contribution in [0.1, 0.15) is 17.3 Å². The number of fused-ring (bicyclic) bond motifs is 1. The smallest absolute Gasteiger partial charge is 0.257 e. The molecule has 1 aromatic carbocycles. The lowest BCUT2D eigenvalue weighted by Gasteiger charge is -2.10. The first kappa shape index (κ1) is 21.9. The first-order valence-corrected chi connectivity index (χ1v) is 10.6. The van der Waals surface area contributed by atoms with E-state index in [2.05, 4.69) is 25.7 Å². The number of hydrogen-bond acceptors (Lipinski definition) is 7. The van der Waals surface area contributed by atoms with E-state index in [0.29, 0.717) is 36.4 Å². The van der Waals surface area contributed by atoms with Crippen LogP contribution < -0.4 is 10.6 Å². The number of benzene rings is 1. The van der Waals surface area contributed by atoms with Gasteiger partial charge in [0.1, 0.15) is 23.0 Å². The molecule has 0 aliphatic carbocycles. The number of rotatable bonds is 10. The fourth-order valence-electron chi connectivity index (χ4n) is 2.79. The van der Waals surface area contributed by atoms with Gasteiger partial charge in [0.25, 0.3) is 5.91 Å². The number of carbonyl (C=O) groups excluding carboxylic acids is 1. The third kappa shape index (κ3) is 5.03. The highest BCUT2D eigenvalue weighted by Gasteiger charge is 2.17. The second-order valence-electron chi connectivity index (χ2n) is 6.14. The van der Waals surface area contributed by atoms with Crippen LogP contribution in [0.4, 0.5) is 14.6 Å². The molecule has 0 saturated heterocycles. The minimum Gasteiger partial charge on any atom is -0.380 e. The fourth-order valence-corrected chi connectivity index (χ4v) is 3.15. The van der Waals surface area contributed by atoms with Crippen LogP contribution in [-0.2, 0) is 11.3 Å². The number of anilines is 1. The molecule has 30 heavy (non-hydrogen) atoms. The van der Waals surface area contributed by atoms with Crippen molar-refractivity contribution in [2.75, 3.05) is 37.9 Å². The Labute approximate surface area is 176 Å². The summed E-state index contributed by atoms with van der Waals surface area (Å²) in [5.41, 5.74) is -0.00446. The van der Waals surface area contributed by atoms with E-state index in [4.69, 9.17) is 4.74 Å². The zero-order valence-corrected chi connectivity index (χ0v) is 17.4. The first-order chi connectivity index (χ1) is 14.5. The number of nitrogens with zero attached hydrogens (tertiary/aromatic N) is 4. The molecule has 160 valence electrons. The molecule has 0 bridgehead atoms. The van der Waals surface area contributed by atoms with Gasteiger partial charge in [-0.15, -0.1) is 0 Å². The minimum absolute atomic E-state index is 0.120. The maximum atomic E-state index is 13.7. The number of carbonyl (C=O) groups is 1. The monoisotopic (exact) mass is 436 g/mol. The van der Waals surface area contributed by atoms with Gasteiger partial charge in [-0.3, -0.25) is 4.79 Å². The highest BCUT2D eigenvalue weighted by atomic mass is 32.2. The topological polar surface area (TPSA) is 94.0 Å². The molecule has 0 atom stereocenters. The molecule has 0 aliphatic heterocycles. The van der Waals surface area contributed by atoms with Gasteiger partial charge >= 0.3 is 0 Å². The van der Waals surface area contributed by atoms with Crippen molar-refractivity contribution in [2.45, 2.75) is 18.6 Å². The molecule has 8 nitrogen and oxygen atoms in total. The number of ether oxygens (including phenoxy) is 1. The summed E-state index contributed by atoms with van der Waals surface area (Å²) in [6.07, 6.45) is 3.51. The third-order valence-electron chi connectivity index (χ3n) is 4.20. The van der Waals surface area contributed by atoms with Crippen molar-refractivity contribution in [1.82, 2.24) is 25.1 Å². The number of hydrogen-bond donors (Lipinski definition) is 2. The van der Waals surface area contributed by atoms with E-state index >= 15 is 0 Å². The Morgan fingerprint density at radius 2 is 2.00 bits per heavy atom. The Kier molecular flexibility index (Phi) is 7.52. The third-order valence-corrected chi connectivity index (χ3v) is 4.75. The second kappa shape index (κ2) is 10.3. The van der Waals surface area contributed by atoms with Crippen LogP contribution in [0.15, 0.2) is 29.6 Å². The zero-order chi connectivity index (χ0) is 21.5. The highest BCUT2D eigenvalue weighted by Crippen LogP contribution is 2.23. The Bertz CT molecular complexity index is 1010. The van der Waals surface area contributed by atoms with Crippen LogP contribution in [-0.4, -0.2) is 58.2 Å². The summed E-state index contributed by atoms with van der Waals surface area (Å²) in [5, 5.41) is 11.4. The average Bonchev–Trinajstić information content (AvgIpc) is 3.14. The number of aromatic nitrogens is 4. The molecular weight excluding hydrogens is 414 g/mol. The van der Waals surface area contributed by atoms with Crippen LogP contribution in [0.3, 0.4) is 0 Å². The van der Waals surface area contributed by atoms with Crippen molar-refractivity contribution in [3.8, 4) is 0 Å². The Morgan fingerprint density at radius 1 is 1.23 bits per heavy atom. The second-order valence-corrected chi connectivity index (χ2v) is 6.91. The average molecular weight is 436 g/mol. The molecule has 11 heteroatoms. The summed E-state index contributed by atoms with van der Waals surface area (Å²) in [4.78, 5) is 21.1. The lowest BCUT2D eigenvalue weighted by molar-refractivity contribution is 0.0943. The summed E-state index contributed by atoms with van der Waals surface area (Å²) in [6.45, 7) is 4.09. The van der Waals surface area contributed by atoms with Crippen LogP contribution >= 0.6 is 11.8 Å². The normalized spacial score (nSPS) is 11.1. The van der Waals surface area contributed by atoms with Crippen molar-refractivity contribution in [1.29, 1.82) is 0 Å². The quantitative estimate of drug-likeness (QED) is 0.287. The van der Waals surface area contributed by atoms with E-state index in [0.717, 1.165) is 17.5 Å². The molecule has 2 heterocycles. The minimum atomic E-state index is -0.905. The molecule has 0 unspecified atom stereocenters. The van der Waals surface area contributed by atoms with Gasteiger partial charge in [0.15, 0.2) is 10.8 Å². The van der Waals surface area contributed by atoms with Gasteiger partial charge in [0.05, 0.1) is 24.7 Å². The summed E-state index contributed by atoms with van der Waals surface area (Å²) < 4.78 is 34.4. The largest absolute Gasteiger partial charge is 0.380 e. The van der Waals surface area contributed by atoms with Crippen LogP contribution in [0.2, 0.25) is 0 Å². The van der Waals surface area contributed by atoms with Gasteiger partial charge < -0.3 is 15.4 Å². The predicted molar refractivity (Wildman–Crippen MR) is 111 cm³/mol. The van der Waals surface area contributed by atoms with Gasteiger partial charge in [0, 0.05) is 19.7 Å². The van der Waals surface area contributed by atoms with Gasteiger partial charge in [-0.05, 0) is 25.3 Å². The van der Waals surface area contributed by atoms with E-state index in [1.54, 1.807) is 10.9 Å². The van der Waals surface area contributed by atoms with Crippen LogP contribution in [0.25, 0.3) is 11.0 Å². The van der Waals surface area contributed by atoms with E-state index in [-0.39, 0.29) is 13.1 Å². The van der Waals surface area contributed by atoms with Crippen molar-refractivity contribution in [3.05, 3.63) is 41.6 Å². The molecule has 2 aromatic heterocycles. The Morgan fingerprint density at radius 3 is 2.70 bits per heavy atom. The summed E-state index contributed by atoms with van der Waals surface area (Å²) in [6, 6.07) is 3.29. The van der Waals surface area contributed by atoms with Gasteiger partial charge in [-0.2, -0.15) is 5.10 Å². The fraction of sp³-hybridized carbons (Fsp3) is 0.368. The van der Waals surface area contributed by atoms with Gasteiger partial charge in [-0.25, -0.2) is 23.4 Å². The molecule has 3 aromatic rings. The summed E-state index contributed by atoms with van der Waals surface area (Å²) in [7, 11) is 0. The molecule has 3 rings (SSSR count). The molecule has 1 amide bonds. The number of nitrogens with one attached hydrogen (secondary N) is 2. The Balaban J connectivity index is 1.71. The number of amides is 1. The van der Waals surface area contributed by atoms with E-state index in [1.165, 1.54) is 17.8 Å². The molecule has 0 radical (unpaired) electrons. The zero-order valence-electron chi connectivity index (χ0n) is 16.6. The summed E-state index contributed by atoms with van der Waals surface area (Å²) in [5.74, 6) is -1.98. The van der Waals surface area contributed by atoms with Crippen molar-refractivity contribution in [3.63, 3.8) is 0 Å². The van der Waals surface area contributed by atoms with Crippen molar-refractivity contribution in [2.24, 2.45) is 0 Å².